The number of alkyl halides is 6. The Bertz CT molecular complexity index is 450. The second-order valence-corrected chi connectivity index (χ2v) is 3.93. The normalized spacial score (nSPS) is 12.6. The van der Waals surface area contributed by atoms with Crippen molar-refractivity contribution in [3.63, 3.8) is 0 Å². The summed E-state index contributed by atoms with van der Waals surface area (Å²) in [5, 5.41) is -4.72. The minimum absolute atomic E-state index is 0.327. The number of benzene rings is 1. The van der Waals surface area contributed by atoms with Crippen LogP contribution in [-0.4, -0.2) is 11.2 Å². The summed E-state index contributed by atoms with van der Waals surface area (Å²) in [5.41, 5.74) is -2.77. The lowest BCUT2D eigenvalue weighted by molar-refractivity contribution is -0.138. The summed E-state index contributed by atoms with van der Waals surface area (Å²) in [6, 6.07) is 1.84. The highest BCUT2D eigenvalue weighted by molar-refractivity contribution is 6.35. The molecule has 0 aliphatic rings. The molecule has 1 rings (SSSR count). The Morgan fingerprint density at radius 2 is 1.65 bits per heavy atom. The minimum Gasteiger partial charge on any atom is -0.286 e. The Morgan fingerprint density at radius 3 is 2.06 bits per heavy atom. The molecule has 0 saturated heterocycles. The molecule has 0 N–H and O–H groups in total. The van der Waals surface area contributed by atoms with E-state index >= 15 is 0 Å². The molecule has 1 nitrogen and oxygen atoms in total. The monoisotopic (exact) mass is 292 g/mol. The van der Waals surface area contributed by atoms with Crippen molar-refractivity contribution in [1.29, 1.82) is 0 Å². The van der Waals surface area contributed by atoms with Crippen molar-refractivity contribution in [3.05, 3.63) is 34.3 Å². The number of hydrogen-bond acceptors (Lipinski definition) is 1. The lowest BCUT2D eigenvalue weighted by Crippen LogP contribution is -2.25. The fourth-order valence-corrected chi connectivity index (χ4v) is 1.38. The van der Waals surface area contributed by atoms with Crippen molar-refractivity contribution in [3.8, 4) is 0 Å². The minimum atomic E-state index is -4.97. The predicted molar refractivity (Wildman–Crippen MR) is 51.6 cm³/mol. The first kappa shape index (κ1) is 14.2. The van der Waals surface area contributed by atoms with Crippen LogP contribution in [0.5, 0.6) is 0 Å². The van der Waals surface area contributed by atoms with E-state index in [9.17, 15) is 26.7 Å². The lowest BCUT2D eigenvalue weighted by Gasteiger charge is -2.14. The highest BCUT2D eigenvalue weighted by Gasteiger charge is 2.43. The summed E-state index contributed by atoms with van der Waals surface area (Å²) in [5.74, 6) is -2.12. The highest BCUT2D eigenvalue weighted by Crippen LogP contribution is 2.36. The Morgan fingerprint density at radius 1 is 1.12 bits per heavy atom. The van der Waals surface area contributed by atoms with Gasteiger partial charge >= 0.3 is 11.6 Å². The van der Waals surface area contributed by atoms with Crippen LogP contribution in [0.1, 0.15) is 15.9 Å². The predicted octanol–water partition coefficient (Wildman–Crippen LogP) is 4.37. The first-order valence-electron chi connectivity index (χ1n) is 4.02. The van der Waals surface area contributed by atoms with Crippen LogP contribution < -0.4 is 0 Å². The molecule has 0 spiro atoms. The van der Waals surface area contributed by atoms with Crippen LogP contribution in [0, 0.1) is 0 Å². The topological polar surface area (TPSA) is 17.1 Å². The van der Waals surface area contributed by atoms with Gasteiger partial charge in [0.05, 0.1) is 5.56 Å². The number of halogens is 7. The quantitative estimate of drug-likeness (QED) is 0.449. The molecule has 17 heavy (non-hydrogen) atoms. The summed E-state index contributed by atoms with van der Waals surface area (Å²) in [6.45, 7) is 0. The molecular formula is C9H3Cl2F5O. The number of carbonyl (C=O) groups excluding carboxylic acids is 1. The van der Waals surface area contributed by atoms with Gasteiger partial charge in [-0.2, -0.15) is 22.0 Å². The maximum absolute atomic E-state index is 12.5. The maximum Gasteiger partial charge on any atom is 0.417 e. The fraction of sp³-hybridized carbons (Fsp3) is 0.222. The van der Waals surface area contributed by atoms with Gasteiger partial charge < -0.3 is 0 Å². The molecule has 0 saturated carbocycles. The number of hydrogen-bond donors (Lipinski definition) is 0. The molecule has 0 fully saturated rings. The second-order valence-electron chi connectivity index (χ2n) is 3.01. The van der Waals surface area contributed by atoms with Gasteiger partial charge in [-0.15, -0.1) is 0 Å². The van der Waals surface area contributed by atoms with Crippen LogP contribution in [0.3, 0.4) is 0 Å². The molecule has 0 heterocycles. The molecule has 0 amide bonds. The van der Waals surface area contributed by atoms with Crippen molar-refractivity contribution in [2.75, 3.05) is 0 Å². The molecule has 1 aromatic carbocycles. The van der Waals surface area contributed by atoms with Crippen LogP contribution in [-0.2, 0) is 6.18 Å². The van der Waals surface area contributed by atoms with E-state index in [0.29, 0.717) is 12.1 Å². The van der Waals surface area contributed by atoms with Crippen molar-refractivity contribution >= 4 is 29.0 Å². The van der Waals surface area contributed by atoms with E-state index in [-0.39, 0.29) is 5.02 Å². The van der Waals surface area contributed by atoms with Gasteiger partial charge in [-0.1, -0.05) is 11.6 Å². The van der Waals surface area contributed by atoms with Gasteiger partial charge in [0.15, 0.2) is 0 Å². The van der Waals surface area contributed by atoms with E-state index in [1.807, 2.05) is 0 Å². The van der Waals surface area contributed by atoms with E-state index in [2.05, 4.69) is 11.6 Å². The van der Waals surface area contributed by atoms with E-state index in [1.165, 1.54) is 0 Å². The molecule has 8 heteroatoms. The molecule has 0 aromatic heterocycles. The fourth-order valence-electron chi connectivity index (χ4n) is 1.10. The standard InChI is InChI=1S/C9H3Cl2F5O/c10-4-1-2-5(7(17)8(11,12)13)6(3-4)9(14,15)16/h1-3H. The third kappa shape index (κ3) is 3.29. The first-order valence-corrected chi connectivity index (χ1v) is 4.77. The van der Waals surface area contributed by atoms with E-state index in [1.54, 1.807) is 0 Å². The van der Waals surface area contributed by atoms with E-state index in [0.717, 1.165) is 6.07 Å². The molecule has 1 aromatic rings. The van der Waals surface area contributed by atoms with E-state index < -0.39 is 28.5 Å². The van der Waals surface area contributed by atoms with Crippen LogP contribution in [0.25, 0.3) is 0 Å². The van der Waals surface area contributed by atoms with Gasteiger partial charge in [0.25, 0.3) is 0 Å². The van der Waals surface area contributed by atoms with Gasteiger partial charge in [-0.3, -0.25) is 4.79 Å². The summed E-state index contributed by atoms with van der Waals surface area (Å²) in [6.07, 6.45) is -4.97. The maximum atomic E-state index is 12.5. The number of rotatable bonds is 2. The zero-order valence-electron chi connectivity index (χ0n) is 7.79. The third-order valence-corrected chi connectivity index (χ3v) is 2.20. The Labute approximate surface area is 102 Å². The first-order chi connectivity index (χ1) is 7.53. The molecule has 0 radical (unpaired) electrons. The zero-order valence-corrected chi connectivity index (χ0v) is 9.30. The van der Waals surface area contributed by atoms with Crippen LogP contribution in [0.15, 0.2) is 18.2 Å². The zero-order chi connectivity index (χ0) is 13.4. The lowest BCUT2D eigenvalue weighted by atomic mass is 10.0. The van der Waals surface area contributed by atoms with Gasteiger partial charge in [-0.05, 0) is 29.8 Å². The van der Waals surface area contributed by atoms with Gasteiger partial charge in [-0.25, -0.2) is 0 Å². The van der Waals surface area contributed by atoms with Crippen LogP contribution >= 0.6 is 23.2 Å². The summed E-state index contributed by atoms with van der Waals surface area (Å²) in [7, 11) is 0. The van der Waals surface area contributed by atoms with Gasteiger partial charge in [0.2, 0.25) is 5.78 Å². The molecule has 0 aliphatic heterocycles. The Kier molecular flexibility index (Phi) is 3.69. The van der Waals surface area contributed by atoms with Crippen molar-refractivity contribution in [2.45, 2.75) is 11.6 Å². The molecular weight excluding hydrogens is 290 g/mol. The molecule has 0 aliphatic carbocycles. The second kappa shape index (κ2) is 4.42. The van der Waals surface area contributed by atoms with Gasteiger partial charge in [0, 0.05) is 10.6 Å². The summed E-state index contributed by atoms with van der Waals surface area (Å²) in [4.78, 5) is 11.0. The largest absolute Gasteiger partial charge is 0.417 e. The van der Waals surface area contributed by atoms with Crippen molar-refractivity contribution in [1.82, 2.24) is 0 Å². The van der Waals surface area contributed by atoms with E-state index in [4.69, 9.17) is 11.6 Å². The van der Waals surface area contributed by atoms with Crippen molar-refractivity contribution < 1.29 is 26.7 Å². The molecule has 0 atom stereocenters. The average Bonchev–Trinajstić information content (AvgIpc) is 2.14. The van der Waals surface area contributed by atoms with Gasteiger partial charge in [0.1, 0.15) is 0 Å². The Balaban J connectivity index is 3.40. The average molecular weight is 293 g/mol. The summed E-state index contributed by atoms with van der Waals surface area (Å²) >= 11 is 9.71. The molecule has 0 bridgehead atoms. The number of Topliss-reactive ketones (excluding diaryl/α,β-unsaturated/α-hetero) is 1. The number of ketones is 1. The molecule has 94 valence electrons. The SMILES string of the molecule is O=C(c1ccc(Cl)cc1C(F)(F)F)C(F)(F)Cl. The third-order valence-electron chi connectivity index (χ3n) is 1.79. The van der Waals surface area contributed by atoms with Crippen molar-refractivity contribution in [2.24, 2.45) is 0 Å². The molecule has 0 unspecified atom stereocenters. The highest BCUT2D eigenvalue weighted by atomic mass is 35.5. The Hall–Kier alpha value is -0.880. The summed E-state index contributed by atoms with van der Waals surface area (Å²) < 4.78 is 62.4. The smallest absolute Gasteiger partial charge is 0.286 e. The van der Waals surface area contributed by atoms with Crippen LogP contribution in [0.2, 0.25) is 5.02 Å². The van der Waals surface area contributed by atoms with Crippen LogP contribution in [0.4, 0.5) is 22.0 Å². The number of carbonyl (C=O) groups is 1.